The fraction of sp³-hybridized carbons (Fsp3) is 0.235. The molecule has 6 heteroatoms. The molecule has 1 atom stereocenters. The van der Waals surface area contributed by atoms with Crippen LogP contribution < -0.4 is 5.32 Å². The number of nitrogens with one attached hydrogen (secondary N) is 2. The number of benzene rings is 1. The van der Waals surface area contributed by atoms with Gasteiger partial charge in [0.1, 0.15) is 5.82 Å². The average Bonchev–Trinajstić information content (AvgIpc) is 3.19. The number of aromatic amines is 1. The molecule has 5 nitrogen and oxygen atoms in total. The maximum absolute atomic E-state index is 12.3. The summed E-state index contributed by atoms with van der Waals surface area (Å²) in [5.41, 5.74) is 2.77. The minimum absolute atomic E-state index is 0.0644. The van der Waals surface area contributed by atoms with Crippen molar-refractivity contribution in [1.29, 1.82) is 0 Å². The predicted octanol–water partition coefficient (Wildman–Crippen LogP) is 3.20. The van der Waals surface area contributed by atoms with Crippen LogP contribution in [0.4, 0.5) is 0 Å². The second-order valence-corrected chi connectivity index (χ2v) is 6.31. The molecule has 3 aromatic rings. The fourth-order valence-corrected chi connectivity index (χ4v) is 3.04. The lowest BCUT2D eigenvalue weighted by molar-refractivity contribution is 0.0940. The van der Waals surface area contributed by atoms with Gasteiger partial charge in [-0.2, -0.15) is 16.4 Å². The molecule has 2 heterocycles. The first-order valence-corrected chi connectivity index (χ1v) is 8.37. The third-order valence-electron chi connectivity index (χ3n) is 3.50. The Morgan fingerprint density at radius 2 is 2.09 bits per heavy atom. The average molecular weight is 326 g/mol. The molecular formula is C17H18N4OS. The van der Waals surface area contributed by atoms with Gasteiger partial charge in [-0.15, -0.1) is 0 Å². The molecule has 1 amide bonds. The Morgan fingerprint density at radius 3 is 2.70 bits per heavy atom. The Kier molecular flexibility index (Phi) is 4.52. The summed E-state index contributed by atoms with van der Waals surface area (Å²) in [7, 11) is 0. The number of amides is 1. The van der Waals surface area contributed by atoms with E-state index in [2.05, 4.69) is 31.9 Å². The Bertz CT molecular complexity index is 777. The molecule has 0 saturated carbocycles. The van der Waals surface area contributed by atoms with Crippen molar-refractivity contribution >= 4 is 17.2 Å². The first-order chi connectivity index (χ1) is 11.1. The van der Waals surface area contributed by atoms with Crippen molar-refractivity contribution in [3.8, 4) is 11.4 Å². The summed E-state index contributed by atoms with van der Waals surface area (Å²) in [5, 5.41) is 14.1. The van der Waals surface area contributed by atoms with Gasteiger partial charge in [-0.1, -0.05) is 12.1 Å². The van der Waals surface area contributed by atoms with Gasteiger partial charge >= 0.3 is 0 Å². The van der Waals surface area contributed by atoms with E-state index in [-0.39, 0.29) is 11.9 Å². The molecule has 0 spiro atoms. The van der Waals surface area contributed by atoms with E-state index in [1.165, 1.54) is 5.56 Å². The number of hydrogen-bond donors (Lipinski definition) is 2. The van der Waals surface area contributed by atoms with Gasteiger partial charge in [0.05, 0.1) is 0 Å². The van der Waals surface area contributed by atoms with Crippen LogP contribution >= 0.6 is 11.3 Å². The van der Waals surface area contributed by atoms with Gasteiger partial charge in [-0.25, -0.2) is 4.98 Å². The van der Waals surface area contributed by atoms with E-state index in [0.29, 0.717) is 11.4 Å². The van der Waals surface area contributed by atoms with E-state index in [1.807, 2.05) is 31.4 Å². The summed E-state index contributed by atoms with van der Waals surface area (Å²) in [6.45, 7) is 3.87. The minimum Gasteiger partial charge on any atom is -0.349 e. The quantitative estimate of drug-likeness (QED) is 0.756. The molecule has 118 valence electrons. The number of rotatable bonds is 5. The van der Waals surface area contributed by atoms with E-state index in [0.717, 1.165) is 17.8 Å². The molecule has 0 aliphatic carbocycles. The van der Waals surface area contributed by atoms with Crippen LogP contribution in [0, 0.1) is 6.92 Å². The van der Waals surface area contributed by atoms with E-state index < -0.39 is 0 Å². The van der Waals surface area contributed by atoms with Crippen LogP contribution in [0.3, 0.4) is 0 Å². The first kappa shape index (κ1) is 15.4. The van der Waals surface area contributed by atoms with E-state index >= 15 is 0 Å². The standard InChI is InChI=1S/C17H18N4OS/c1-11(9-13-7-8-23-10-13)18-17(22)15-5-3-14(4-6-15)16-19-12(2)20-21-16/h3-8,10-11H,9H2,1-2H3,(H,18,22)(H,19,20,21)/t11-/m0/s1. The van der Waals surface area contributed by atoms with Crippen molar-refractivity contribution < 1.29 is 4.79 Å². The third-order valence-corrected chi connectivity index (χ3v) is 4.23. The van der Waals surface area contributed by atoms with Gasteiger partial charge in [-0.05, 0) is 54.8 Å². The Labute approximate surface area is 138 Å². The molecule has 0 aliphatic heterocycles. The summed E-state index contributed by atoms with van der Waals surface area (Å²) in [6, 6.07) is 9.50. The Morgan fingerprint density at radius 1 is 1.30 bits per heavy atom. The lowest BCUT2D eigenvalue weighted by Gasteiger charge is -2.13. The van der Waals surface area contributed by atoms with Gasteiger partial charge in [-0.3, -0.25) is 9.89 Å². The van der Waals surface area contributed by atoms with Crippen molar-refractivity contribution in [1.82, 2.24) is 20.5 Å². The summed E-state index contributed by atoms with van der Waals surface area (Å²) < 4.78 is 0. The van der Waals surface area contributed by atoms with Gasteiger partial charge in [0.2, 0.25) is 0 Å². The molecule has 2 aromatic heterocycles. The van der Waals surface area contributed by atoms with Crippen LogP contribution in [0.15, 0.2) is 41.1 Å². The van der Waals surface area contributed by atoms with Crippen molar-refractivity contribution in [3.05, 3.63) is 58.0 Å². The number of aryl methyl sites for hydroxylation is 1. The monoisotopic (exact) mass is 326 g/mol. The molecule has 0 bridgehead atoms. The largest absolute Gasteiger partial charge is 0.349 e. The molecule has 2 N–H and O–H groups in total. The normalized spacial score (nSPS) is 12.1. The van der Waals surface area contributed by atoms with Crippen LogP contribution in [-0.4, -0.2) is 27.1 Å². The molecule has 23 heavy (non-hydrogen) atoms. The topological polar surface area (TPSA) is 70.7 Å². The van der Waals surface area contributed by atoms with Crippen LogP contribution in [0.1, 0.15) is 28.7 Å². The maximum Gasteiger partial charge on any atom is 0.251 e. The molecule has 0 saturated heterocycles. The number of aromatic nitrogens is 3. The van der Waals surface area contributed by atoms with E-state index in [1.54, 1.807) is 23.5 Å². The zero-order valence-electron chi connectivity index (χ0n) is 13.0. The van der Waals surface area contributed by atoms with Crippen LogP contribution in [0.2, 0.25) is 0 Å². The molecule has 1 aromatic carbocycles. The third kappa shape index (κ3) is 3.84. The lowest BCUT2D eigenvalue weighted by Crippen LogP contribution is -2.33. The first-order valence-electron chi connectivity index (χ1n) is 7.43. The molecule has 0 unspecified atom stereocenters. The lowest BCUT2D eigenvalue weighted by atomic mass is 10.1. The smallest absolute Gasteiger partial charge is 0.251 e. The van der Waals surface area contributed by atoms with Crippen molar-refractivity contribution in [3.63, 3.8) is 0 Å². The highest BCUT2D eigenvalue weighted by Gasteiger charge is 2.11. The van der Waals surface area contributed by atoms with Crippen LogP contribution in [0.5, 0.6) is 0 Å². The Balaban J connectivity index is 1.63. The number of H-pyrrole nitrogens is 1. The van der Waals surface area contributed by atoms with Gasteiger partial charge in [0, 0.05) is 17.2 Å². The SMILES string of the molecule is Cc1nc(-c2ccc(C(=O)N[C@@H](C)Cc3ccsc3)cc2)n[nH]1. The van der Waals surface area contributed by atoms with Crippen molar-refractivity contribution in [2.45, 2.75) is 26.3 Å². The summed E-state index contributed by atoms with van der Waals surface area (Å²) in [5.74, 6) is 1.34. The van der Waals surface area contributed by atoms with Crippen molar-refractivity contribution in [2.24, 2.45) is 0 Å². The van der Waals surface area contributed by atoms with E-state index in [9.17, 15) is 4.79 Å². The van der Waals surface area contributed by atoms with Gasteiger partial charge in [0.25, 0.3) is 5.91 Å². The van der Waals surface area contributed by atoms with Crippen LogP contribution in [-0.2, 0) is 6.42 Å². The molecule has 0 radical (unpaired) electrons. The summed E-state index contributed by atoms with van der Waals surface area (Å²) in [6.07, 6.45) is 0.837. The molecule has 0 aliphatic rings. The second kappa shape index (κ2) is 6.75. The van der Waals surface area contributed by atoms with Crippen LogP contribution in [0.25, 0.3) is 11.4 Å². The predicted molar refractivity (Wildman–Crippen MR) is 91.5 cm³/mol. The van der Waals surface area contributed by atoms with Crippen molar-refractivity contribution in [2.75, 3.05) is 0 Å². The maximum atomic E-state index is 12.3. The molecule has 0 fully saturated rings. The zero-order chi connectivity index (χ0) is 16.2. The highest BCUT2D eigenvalue weighted by Crippen LogP contribution is 2.15. The van der Waals surface area contributed by atoms with Gasteiger partial charge < -0.3 is 5.32 Å². The van der Waals surface area contributed by atoms with E-state index in [4.69, 9.17) is 0 Å². The number of nitrogens with zero attached hydrogens (tertiary/aromatic N) is 2. The summed E-state index contributed by atoms with van der Waals surface area (Å²) in [4.78, 5) is 16.6. The minimum atomic E-state index is -0.0644. The highest BCUT2D eigenvalue weighted by atomic mass is 32.1. The zero-order valence-corrected chi connectivity index (χ0v) is 13.9. The fourth-order valence-electron chi connectivity index (χ4n) is 2.36. The summed E-state index contributed by atoms with van der Waals surface area (Å²) >= 11 is 1.67. The molecule has 3 rings (SSSR count). The second-order valence-electron chi connectivity index (χ2n) is 5.53. The number of thiophene rings is 1. The number of carbonyl (C=O) groups excluding carboxylic acids is 1. The number of hydrogen-bond acceptors (Lipinski definition) is 4. The highest BCUT2D eigenvalue weighted by molar-refractivity contribution is 7.07. The number of carbonyl (C=O) groups is 1. The Hall–Kier alpha value is -2.47. The van der Waals surface area contributed by atoms with Gasteiger partial charge in [0.15, 0.2) is 5.82 Å². The molecular weight excluding hydrogens is 308 g/mol.